The second-order valence-corrected chi connectivity index (χ2v) is 6.95. The predicted molar refractivity (Wildman–Crippen MR) is 106 cm³/mol. The number of aromatic hydroxyl groups is 1. The molecule has 0 bridgehead atoms. The molecule has 7 heteroatoms. The summed E-state index contributed by atoms with van der Waals surface area (Å²) in [6.07, 6.45) is 2.20. The van der Waals surface area contributed by atoms with Gasteiger partial charge in [0.15, 0.2) is 0 Å². The smallest absolute Gasteiger partial charge is 0.247 e. The van der Waals surface area contributed by atoms with Crippen LogP contribution in [0.1, 0.15) is 25.1 Å². The maximum absolute atomic E-state index is 12.7. The van der Waals surface area contributed by atoms with Gasteiger partial charge >= 0.3 is 0 Å². The molecule has 1 aromatic heterocycles. The molecule has 0 radical (unpaired) electrons. The Morgan fingerprint density at radius 1 is 1.18 bits per heavy atom. The molecule has 0 saturated carbocycles. The van der Waals surface area contributed by atoms with Crippen LogP contribution in [0.3, 0.4) is 0 Å². The van der Waals surface area contributed by atoms with E-state index in [0.29, 0.717) is 31.5 Å². The van der Waals surface area contributed by atoms with Gasteiger partial charge in [0.05, 0.1) is 16.7 Å². The van der Waals surface area contributed by atoms with Crippen molar-refractivity contribution in [1.82, 2.24) is 14.9 Å². The second kappa shape index (κ2) is 7.72. The number of phenolic OH excluding ortho intramolecular Hbond substituents is 1. The number of carbonyl (C=O) groups is 2. The number of aryl methyl sites for hydroxylation is 1. The molecule has 1 fully saturated rings. The monoisotopic (exact) mass is 378 g/mol. The predicted octanol–water partition coefficient (Wildman–Crippen LogP) is 2.83. The van der Waals surface area contributed by atoms with Gasteiger partial charge in [0.25, 0.3) is 0 Å². The number of phenols is 1. The molecule has 0 unspecified atom stereocenters. The fraction of sp³-hybridized carbons (Fsp3) is 0.286. The third kappa shape index (κ3) is 3.69. The Labute approximate surface area is 162 Å². The average Bonchev–Trinajstić information content (AvgIpc) is 3.34. The number of imidazole rings is 1. The van der Waals surface area contributed by atoms with E-state index in [2.05, 4.69) is 15.3 Å². The summed E-state index contributed by atoms with van der Waals surface area (Å²) in [6.45, 7) is 0.567. The van der Waals surface area contributed by atoms with Crippen LogP contribution in [0.25, 0.3) is 11.0 Å². The van der Waals surface area contributed by atoms with E-state index in [1.54, 1.807) is 23.1 Å². The van der Waals surface area contributed by atoms with Crippen LogP contribution < -0.4 is 5.32 Å². The van der Waals surface area contributed by atoms with Crippen molar-refractivity contribution >= 4 is 28.5 Å². The third-order valence-electron chi connectivity index (χ3n) is 5.05. The summed E-state index contributed by atoms with van der Waals surface area (Å²) in [4.78, 5) is 34.7. The lowest BCUT2D eigenvalue weighted by atomic mass is 10.1. The molecule has 0 aliphatic carbocycles. The number of hydrogen-bond acceptors (Lipinski definition) is 4. The van der Waals surface area contributed by atoms with Crippen molar-refractivity contribution in [3.63, 3.8) is 0 Å². The molecule has 1 saturated heterocycles. The van der Waals surface area contributed by atoms with Crippen LogP contribution in [0.5, 0.6) is 5.75 Å². The molecule has 0 spiro atoms. The average molecular weight is 378 g/mol. The maximum Gasteiger partial charge on any atom is 0.247 e. The number of nitrogens with zero attached hydrogens (tertiary/aromatic N) is 2. The van der Waals surface area contributed by atoms with Gasteiger partial charge in [-0.05, 0) is 37.1 Å². The number of nitrogens with one attached hydrogen (secondary N) is 2. The SMILES string of the molecule is O=C(Nc1ccccc1O)[C@@H]1CCCN1C(=O)CCc1nc2ccccc2[nH]1. The molecule has 3 aromatic rings. The Morgan fingerprint density at radius 2 is 1.96 bits per heavy atom. The molecule has 144 valence electrons. The topological polar surface area (TPSA) is 98.3 Å². The summed E-state index contributed by atoms with van der Waals surface area (Å²) in [6, 6.07) is 13.8. The van der Waals surface area contributed by atoms with Gasteiger partial charge in [-0.2, -0.15) is 0 Å². The zero-order valence-electron chi connectivity index (χ0n) is 15.4. The van der Waals surface area contributed by atoms with Gasteiger partial charge in [-0.15, -0.1) is 0 Å². The number of amides is 2. The number of aromatic nitrogens is 2. The third-order valence-corrected chi connectivity index (χ3v) is 5.05. The first-order valence-electron chi connectivity index (χ1n) is 9.44. The minimum Gasteiger partial charge on any atom is -0.506 e. The molecular weight excluding hydrogens is 356 g/mol. The highest BCUT2D eigenvalue weighted by molar-refractivity contribution is 5.98. The van der Waals surface area contributed by atoms with Crippen molar-refractivity contribution in [3.8, 4) is 5.75 Å². The maximum atomic E-state index is 12.7. The van der Waals surface area contributed by atoms with Crippen molar-refractivity contribution < 1.29 is 14.7 Å². The molecule has 2 amide bonds. The summed E-state index contributed by atoms with van der Waals surface area (Å²) in [5, 5.41) is 12.6. The van der Waals surface area contributed by atoms with E-state index in [1.807, 2.05) is 24.3 Å². The van der Waals surface area contributed by atoms with Crippen LogP contribution in [-0.4, -0.2) is 44.4 Å². The van der Waals surface area contributed by atoms with Crippen molar-refractivity contribution in [2.45, 2.75) is 31.7 Å². The highest BCUT2D eigenvalue weighted by Gasteiger charge is 2.34. The summed E-state index contributed by atoms with van der Waals surface area (Å²) >= 11 is 0. The largest absolute Gasteiger partial charge is 0.506 e. The first-order valence-corrected chi connectivity index (χ1v) is 9.44. The Balaban J connectivity index is 1.38. The lowest BCUT2D eigenvalue weighted by molar-refractivity contribution is -0.136. The number of para-hydroxylation sites is 4. The number of aromatic amines is 1. The number of rotatable bonds is 5. The van der Waals surface area contributed by atoms with Gasteiger partial charge in [0.2, 0.25) is 11.8 Å². The Kier molecular flexibility index (Phi) is 4.97. The standard InChI is InChI=1S/C21H22N4O3/c26-18-10-4-3-8-16(18)24-21(28)17-9-5-13-25(17)20(27)12-11-19-22-14-6-1-2-7-15(14)23-19/h1-4,6-8,10,17,26H,5,9,11-13H2,(H,22,23)(H,24,28)/t17-/m0/s1. The molecule has 7 nitrogen and oxygen atoms in total. The number of likely N-dealkylation sites (tertiary alicyclic amines) is 1. The van der Waals surface area contributed by atoms with Gasteiger partial charge in [-0.1, -0.05) is 24.3 Å². The summed E-state index contributed by atoms with van der Waals surface area (Å²) in [5.74, 6) is 0.451. The number of H-pyrrole nitrogens is 1. The Bertz CT molecular complexity index is 981. The van der Waals surface area contributed by atoms with Crippen LogP contribution in [-0.2, 0) is 16.0 Å². The molecule has 2 aromatic carbocycles. The number of benzene rings is 2. The highest BCUT2D eigenvalue weighted by Crippen LogP contribution is 2.25. The molecular formula is C21H22N4O3. The zero-order chi connectivity index (χ0) is 19.5. The highest BCUT2D eigenvalue weighted by atomic mass is 16.3. The molecule has 28 heavy (non-hydrogen) atoms. The van der Waals surface area contributed by atoms with Gasteiger partial charge in [0.1, 0.15) is 17.6 Å². The number of fused-ring (bicyclic) bond motifs is 1. The number of carbonyl (C=O) groups excluding carboxylic acids is 2. The van der Waals surface area contributed by atoms with Crippen LogP contribution in [0.4, 0.5) is 5.69 Å². The fourth-order valence-electron chi connectivity index (χ4n) is 3.63. The quantitative estimate of drug-likeness (QED) is 0.595. The molecule has 1 aliphatic heterocycles. The van der Waals surface area contributed by atoms with Crippen LogP contribution in [0.2, 0.25) is 0 Å². The van der Waals surface area contributed by atoms with E-state index in [-0.39, 0.29) is 17.6 Å². The summed E-state index contributed by atoms with van der Waals surface area (Å²) in [5.41, 5.74) is 2.19. The van der Waals surface area contributed by atoms with E-state index in [9.17, 15) is 14.7 Å². The van der Waals surface area contributed by atoms with Crippen molar-refractivity contribution in [1.29, 1.82) is 0 Å². The number of hydrogen-bond donors (Lipinski definition) is 3. The second-order valence-electron chi connectivity index (χ2n) is 6.95. The van der Waals surface area contributed by atoms with E-state index in [4.69, 9.17) is 0 Å². The normalized spacial score (nSPS) is 16.4. The first kappa shape index (κ1) is 18.0. The molecule has 2 heterocycles. The van der Waals surface area contributed by atoms with E-state index >= 15 is 0 Å². The molecule has 1 aliphatic rings. The van der Waals surface area contributed by atoms with Crippen molar-refractivity contribution in [2.75, 3.05) is 11.9 Å². The Hall–Kier alpha value is -3.35. The minimum atomic E-state index is -0.511. The fourth-order valence-corrected chi connectivity index (χ4v) is 3.63. The van der Waals surface area contributed by atoms with Gasteiger partial charge in [-0.25, -0.2) is 4.98 Å². The van der Waals surface area contributed by atoms with Crippen LogP contribution >= 0.6 is 0 Å². The first-order chi connectivity index (χ1) is 13.6. The lowest BCUT2D eigenvalue weighted by Gasteiger charge is -2.24. The van der Waals surface area contributed by atoms with E-state index in [1.165, 1.54) is 6.07 Å². The number of anilines is 1. The minimum absolute atomic E-state index is 0.0107. The van der Waals surface area contributed by atoms with Gasteiger partial charge in [0, 0.05) is 19.4 Å². The van der Waals surface area contributed by atoms with Gasteiger partial charge < -0.3 is 20.3 Å². The van der Waals surface area contributed by atoms with Crippen molar-refractivity contribution in [3.05, 3.63) is 54.4 Å². The lowest BCUT2D eigenvalue weighted by Crippen LogP contribution is -2.43. The zero-order valence-corrected chi connectivity index (χ0v) is 15.4. The molecule has 4 rings (SSSR count). The van der Waals surface area contributed by atoms with E-state index in [0.717, 1.165) is 23.3 Å². The summed E-state index contributed by atoms with van der Waals surface area (Å²) in [7, 11) is 0. The van der Waals surface area contributed by atoms with Crippen molar-refractivity contribution in [2.24, 2.45) is 0 Å². The molecule has 1 atom stereocenters. The van der Waals surface area contributed by atoms with E-state index < -0.39 is 6.04 Å². The molecule has 3 N–H and O–H groups in total. The Morgan fingerprint density at radius 3 is 2.79 bits per heavy atom. The summed E-state index contributed by atoms with van der Waals surface area (Å²) < 4.78 is 0. The van der Waals surface area contributed by atoms with Gasteiger partial charge in [-0.3, -0.25) is 9.59 Å². The van der Waals surface area contributed by atoms with Crippen LogP contribution in [0.15, 0.2) is 48.5 Å². The van der Waals surface area contributed by atoms with Crippen LogP contribution in [0, 0.1) is 0 Å².